The molecule has 0 radical (unpaired) electrons. The Morgan fingerprint density at radius 2 is 1.83 bits per heavy atom. The maximum atomic E-state index is 13.8. The summed E-state index contributed by atoms with van der Waals surface area (Å²) in [5, 5.41) is 13.3. The van der Waals surface area contributed by atoms with Crippen molar-refractivity contribution in [2.24, 2.45) is 13.0 Å². The van der Waals surface area contributed by atoms with Gasteiger partial charge in [-0.15, -0.1) is 0 Å². The highest BCUT2D eigenvalue weighted by atomic mass is 16.5. The molecule has 4 rings (SSSR count). The molecule has 1 aliphatic carbocycles. The van der Waals surface area contributed by atoms with Crippen LogP contribution in [0.4, 0.5) is 11.5 Å². The van der Waals surface area contributed by atoms with Gasteiger partial charge < -0.3 is 30.2 Å². The second-order valence-corrected chi connectivity index (χ2v) is 10.5. The Balaban J connectivity index is 1.87. The number of hydrogen-bond donors (Lipinski definition) is 3. The summed E-state index contributed by atoms with van der Waals surface area (Å²) >= 11 is 0. The van der Waals surface area contributed by atoms with Gasteiger partial charge in [0.15, 0.2) is 17.3 Å². The van der Waals surface area contributed by atoms with E-state index >= 15 is 0 Å². The van der Waals surface area contributed by atoms with Crippen molar-refractivity contribution in [2.75, 3.05) is 32.0 Å². The number of carbonyl (C=O) groups is 2. The average molecular weight is 578 g/mol. The number of methoxy groups -OCH3 is 3. The van der Waals surface area contributed by atoms with E-state index in [0.29, 0.717) is 53.5 Å². The smallest absolute Gasteiger partial charge is 0.248 e. The van der Waals surface area contributed by atoms with Crippen molar-refractivity contribution < 1.29 is 23.8 Å². The highest BCUT2D eigenvalue weighted by Crippen LogP contribution is 2.50. The molecule has 3 aromatic rings. The van der Waals surface area contributed by atoms with Gasteiger partial charge in [-0.25, -0.2) is 0 Å². The van der Waals surface area contributed by atoms with Gasteiger partial charge in [-0.2, -0.15) is 5.10 Å². The van der Waals surface area contributed by atoms with Crippen LogP contribution in [0.15, 0.2) is 41.3 Å². The highest BCUT2D eigenvalue weighted by molar-refractivity contribution is 5.96. The van der Waals surface area contributed by atoms with Crippen molar-refractivity contribution in [3.63, 3.8) is 0 Å². The van der Waals surface area contributed by atoms with E-state index in [-0.39, 0.29) is 28.8 Å². The normalized spacial score (nSPS) is 15.3. The van der Waals surface area contributed by atoms with E-state index in [1.54, 1.807) is 44.3 Å². The Kier molecular flexibility index (Phi) is 9.39. The molecule has 3 N–H and O–H groups in total. The van der Waals surface area contributed by atoms with Gasteiger partial charge >= 0.3 is 0 Å². The summed E-state index contributed by atoms with van der Waals surface area (Å²) < 4.78 is 18.7. The predicted molar refractivity (Wildman–Crippen MR) is 161 cm³/mol. The lowest BCUT2D eigenvalue weighted by atomic mass is 9.95. The monoisotopic (exact) mass is 577 g/mol. The van der Waals surface area contributed by atoms with Gasteiger partial charge in [-0.3, -0.25) is 19.1 Å². The Morgan fingerprint density at radius 1 is 1.10 bits per heavy atom. The molecule has 42 heavy (non-hydrogen) atoms. The number of aromatic nitrogens is 2. The highest BCUT2D eigenvalue weighted by Gasteiger charge is 2.30. The largest absolute Gasteiger partial charge is 0.493 e. The Labute approximate surface area is 245 Å². The van der Waals surface area contributed by atoms with Gasteiger partial charge in [0, 0.05) is 31.8 Å². The zero-order valence-electron chi connectivity index (χ0n) is 25.2. The molecule has 0 saturated carbocycles. The third kappa shape index (κ3) is 6.19. The van der Waals surface area contributed by atoms with Crippen molar-refractivity contribution in [3.05, 3.63) is 57.9 Å². The third-order valence-corrected chi connectivity index (χ3v) is 7.69. The fraction of sp³-hybridized carbons (Fsp3) is 0.419. The fourth-order valence-electron chi connectivity index (χ4n) is 5.38. The minimum absolute atomic E-state index is 0.0962. The molecule has 1 heterocycles. The first kappa shape index (κ1) is 30.4. The van der Waals surface area contributed by atoms with Crippen LogP contribution in [-0.4, -0.2) is 49.0 Å². The topological polar surface area (TPSA) is 133 Å². The molecule has 224 valence electrons. The molecule has 0 spiro atoms. The molecule has 0 saturated heterocycles. The summed E-state index contributed by atoms with van der Waals surface area (Å²) in [7, 11) is 6.43. The van der Waals surface area contributed by atoms with Crippen LogP contribution < -0.4 is 35.6 Å². The first-order valence-electron chi connectivity index (χ1n) is 14.0. The molecule has 2 aromatic carbocycles. The molecular weight excluding hydrogens is 538 g/mol. The number of fused-ring (bicyclic) bond motifs is 3. The number of ether oxygens (including phenoxy) is 3. The number of nitrogens with one attached hydrogen (secondary N) is 3. The molecule has 0 aliphatic heterocycles. The predicted octanol–water partition coefficient (Wildman–Crippen LogP) is 4.06. The zero-order chi connectivity index (χ0) is 30.6. The maximum absolute atomic E-state index is 13.8. The number of anilines is 2. The van der Waals surface area contributed by atoms with E-state index < -0.39 is 12.1 Å². The quantitative estimate of drug-likeness (QED) is 0.329. The second kappa shape index (κ2) is 13.0. The number of rotatable bonds is 10. The minimum atomic E-state index is -0.704. The van der Waals surface area contributed by atoms with Crippen LogP contribution in [0.2, 0.25) is 0 Å². The first-order valence-corrected chi connectivity index (χ1v) is 14.0. The number of amides is 2. The number of hydrogen-bond acceptors (Lipinski definition) is 8. The summed E-state index contributed by atoms with van der Waals surface area (Å²) in [4.78, 5) is 39.3. The maximum Gasteiger partial charge on any atom is 0.248 e. The van der Waals surface area contributed by atoms with E-state index in [4.69, 9.17) is 14.2 Å². The first-order chi connectivity index (χ1) is 20.1. The molecule has 1 aromatic heterocycles. The Morgan fingerprint density at radius 3 is 2.43 bits per heavy atom. The van der Waals surface area contributed by atoms with Gasteiger partial charge in [0.2, 0.25) is 23.0 Å². The van der Waals surface area contributed by atoms with Crippen LogP contribution in [-0.2, 0) is 23.1 Å². The lowest BCUT2D eigenvalue weighted by Gasteiger charge is -2.23. The van der Waals surface area contributed by atoms with Crippen molar-refractivity contribution in [2.45, 2.75) is 52.1 Å². The van der Waals surface area contributed by atoms with Gasteiger partial charge in [0.05, 0.1) is 33.1 Å². The molecular formula is C31H39N5O6. The van der Waals surface area contributed by atoms with Gasteiger partial charge in [0.1, 0.15) is 6.04 Å². The number of aryl methyl sites for hydroxylation is 2. The molecule has 11 heteroatoms. The molecule has 0 fully saturated rings. The van der Waals surface area contributed by atoms with Crippen LogP contribution >= 0.6 is 0 Å². The molecule has 11 nitrogen and oxygen atoms in total. The molecule has 1 aliphatic rings. The fourth-order valence-corrected chi connectivity index (χ4v) is 5.38. The molecule has 2 amide bonds. The number of benzene rings is 1. The van der Waals surface area contributed by atoms with Crippen LogP contribution in [0, 0.1) is 5.92 Å². The van der Waals surface area contributed by atoms with Crippen LogP contribution in [0.25, 0.3) is 11.1 Å². The van der Waals surface area contributed by atoms with E-state index in [1.807, 2.05) is 26.0 Å². The Bertz CT molecular complexity index is 1530. The van der Waals surface area contributed by atoms with Crippen LogP contribution in [0.5, 0.6) is 17.2 Å². The SMILES string of the molecule is CC[C@H](C)[C@@H](Nc1ccc2c(cc1=O)[C@@H](NC(C)=O)CCc1cc(OC)c(OC)c(OC)c1-2)C(=O)Nc1ccn(C)n1. The van der Waals surface area contributed by atoms with E-state index in [1.165, 1.54) is 20.1 Å². The summed E-state index contributed by atoms with van der Waals surface area (Å²) in [5.74, 6) is 1.25. The standard InChI is InChI=1S/C31H39N5O6/c1-8-17(2)28(31(39)34-26-13-14-36(4)35-26)33-23-12-10-20-21(16-24(23)38)22(32-18(3)37)11-9-19-15-25(40-5)29(41-6)30(42-7)27(19)20/h10,12-17,22,28H,8-9,11H2,1-7H3,(H,32,37)(H,33,38)(H,34,35,39)/t17-,22-,28+/m0/s1. The van der Waals surface area contributed by atoms with Crippen molar-refractivity contribution in [1.29, 1.82) is 0 Å². The lowest BCUT2D eigenvalue weighted by Crippen LogP contribution is -2.40. The summed E-state index contributed by atoms with van der Waals surface area (Å²) in [6.45, 7) is 5.39. The lowest BCUT2D eigenvalue weighted by molar-refractivity contribution is -0.120. The average Bonchev–Trinajstić information content (AvgIpc) is 3.23. The van der Waals surface area contributed by atoms with E-state index in [9.17, 15) is 14.4 Å². The van der Waals surface area contributed by atoms with Gasteiger partial charge in [-0.05, 0) is 53.6 Å². The Hall–Kier alpha value is -4.54. The number of nitrogens with zero attached hydrogens (tertiary/aromatic N) is 2. The van der Waals surface area contributed by atoms with Crippen molar-refractivity contribution in [1.82, 2.24) is 15.1 Å². The van der Waals surface area contributed by atoms with Gasteiger partial charge in [-0.1, -0.05) is 26.3 Å². The molecule has 0 bridgehead atoms. The molecule has 3 atom stereocenters. The molecule has 0 unspecified atom stereocenters. The minimum Gasteiger partial charge on any atom is -0.493 e. The van der Waals surface area contributed by atoms with E-state index in [0.717, 1.165) is 11.1 Å². The third-order valence-electron chi connectivity index (χ3n) is 7.69. The van der Waals surface area contributed by atoms with Gasteiger partial charge in [0.25, 0.3) is 0 Å². The second-order valence-electron chi connectivity index (χ2n) is 10.5. The van der Waals surface area contributed by atoms with Crippen LogP contribution in [0.1, 0.15) is 50.8 Å². The van der Waals surface area contributed by atoms with Crippen molar-refractivity contribution >= 4 is 23.3 Å². The van der Waals surface area contributed by atoms with E-state index in [2.05, 4.69) is 21.0 Å². The van der Waals surface area contributed by atoms with Crippen LogP contribution in [0.3, 0.4) is 0 Å². The summed E-state index contributed by atoms with van der Waals surface area (Å²) in [6, 6.07) is 7.52. The summed E-state index contributed by atoms with van der Waals surface area (Å²) in [5.41, 5.74) is 2.98. The number of carbonyl (C=O) groups excluding carboxylic acids is 2. The zero-order valence-corrected chi connectivity index (χ0v) is 25.2. The van der Waals surface area contributed by atoms with Crippen molar-refractivity contribution in [3.8, 4) is 28.4 Å². The summed E-state index contributed by atoms with van der Waals surface area (Å²) in [6.07, 6.45) is 3.59.